The maximum atomic E-state index is 11.7. The molecule has 1 heterocycles. The van der Waals surface area contributed by atoms with Crippen molar-refractivity contribution < 1.29 is 4.79 Å². The molecule has 3 N–H and O–H groups in total. The van der Waals surface area contributed by atoms with E-state index in [1.807, 2.05) is 18.2 Å². The van der Waals surface area contributed by atoms with Crippen LogP contribution in [0.5, 0.6) is 0 Å². The fourth-order valence-electron chi connectivity index (χ4n) is 2.43. The van der Waals surface area contributed by atoms with Gasteiger partial charge in [-0.05, 0) is 31.0 Å². The van der Waals surface area contributed by atoms with Gasteiger partial charge in [0.05, 0.1) is 17.3 Å². The fourth-order valence-corrected chi connectivity index (χ4v) is 2.81. The minimum atomic E-state index is 0.0618. The van der Waals surface area contributed by atoms with E-state index in [1.165, 1.54) is 0 Å². The Balaban J connectivity index is 2.15. The molecule has 18 heavy (non-hydrogen) atoms. The number of carbonyl (C=O) groups is 1. The van der Waals surface area contributed by atoms with Crippen LogP contribution in [0, 0.1) is 5.92 Å². The Kier molecular flexibility index (Phi) is 4.11. The first-order valence-corrected chi connectivity index (χ1v) is 6.92. The number of amides is 1. The van der Waals surface area contributed by atoms with E-state index in [4.69, 9.17) is 5.73 Å². The predicted molar refractivity (Wildman–Crippen MR) is 77.6 cm³/mol. The molecule has 1 aromatic carbocycles. The molecule has 0 aromatic heterocycles. The minimum absolute atomic E-state index is 0.0618. The van der Waals surface area contributed by atoms with Crippen LogP contribution in [0.2, 0.25) is 0 Å². The van der Waals surface area contributed by atoms with E-state index < -0.39 is 0 Å². The molecule has 0 bridgehead atoms. The van der Waals surface area contributed by atoms with Crippen LogP contribution in [0.3, 0.4) is 0 Å². The molecule has 1 saturated heterocycles. The van der Waals surface area contributed by atoms with Crippen molar-refractivity contribution in [2.24, 2.45) is 5.92 Å². The Morgan fingerprint density at radius 3 is 3.00 bits per heavy atom. The van der Waals surface area contributed by atoms with E-state index in [1.54, 1.807) is 7.05 Å². The van der Waals surface area contributed by atoms with Gasteiger partial charge in [-0.3, -0.25) is 4.79 Å². The van der Waals surface area contributed by atoms with Gasteiger partial charge in [-0.25, -0.2) is 0 Å². The first kappa shape index (κ1) is 13.2. The van der Waals surface area contributed by atoms with E-state index in [0.29, 0.717) is 0 Å². The highest BCUT2D eigenvalue weighted by molar-refractivity contribution is 9.10. The van der Waals surface area contributed by atoms with Crippen molar-refractivity contribution in [3.63, 3.8) is 0 Å². The van der Waals surface area contributed by atoms with Crippen LogP contribution >= 0.6 is 15.9 Å². The highest BCUT2D eigenvalue weighted by Gasteiger charge is 2.25. The van der Waals surface area contributed by atoms with Gasteiger partial charge in [0.15, 0.2) is 0 Å². The largest absolute Gasteiger partial charge is 0.397 e. The standard InChI is InChI=1S/C13H18BrN3O/c1-16-13(18)9-3-2-6-17(8-9)12-5-4-10(14)7-11(12)15/h4-5,7,9H,2-3,6,8,15H2,1H3,(H,16,18). The van der Waals surface area contributed by atoms with Crippen molar-refractivity contribution in [3.8, 4) is 0 Å². The quantitative estimate of drug-likeness (QED) is 0.821. The second-order valence-corrected chi connectivity index (χ2v) is 5.52. The Morgan fingerprint density at radius 2 is 2.33 bits per heavy atom. The highest BCUT2D eigenvalue weighted by Crippen LogP contribution is 2.30. The number of halogens is 1. The zero-order chi connectivity index (χ0) is 13.1. The highest BCUT2D eigenvalue weighted by atomic mass is 79.9. The summed E-state index contributed by atoms with van der Waals surface area (Å²) in [5.74, 6) is 0.183. The zero-order valence-corrected chi connectivity index (χ0v) is 12.0. The van der Waals surface area contributed by atoms with Crippen molar-refractivity contribution in [1.82, 2.24) is 5.32 Å². The SMILES string of the molecule is CNC(=O)C1CCCN(c2ccc(Br)cc2N)C1. The number of rotatable bonds is 2. The molecule has 1 aromatic rings. The van der Waals surface area contributed by atoms with Gasteiger partial charge in [-0.15, -0.1) is 0 Å². The lowest BCUT2D eigenvalue weighted by molar-refractivity contribution is -0.124. The number of carbonyl (C=O) groups excluding carboxylic acids is 1. The summed E-state index contributed by atoms with van der Waals surface area (Å²) in [5.41, 5.74) is 7.81. The summed E-state index contributed by atoms with van der Waals surface area (Å²) in [6.45, 7) is 1.70. The van der Waals surface area contributed by atoms with Gasteiger partial charge >= 0.3 is 0 Å². The van der Waals surface area contributed by atoms with Crippen LogP contribution in [-0.2, 0) is 4.79 Å². The van der Waals surface area contributed by atoms with Crippen molar-refractivity contribution in [2.45, 2.75) is 12.8 Å². The summed E-state index contributed by atoms with van der Waals surface area (Å²) in [5, 5.41) is 2.73. The minimum Gasteiger partial charge on any atom is -0.397 e. The number of nitrogens with one attached hydrogen (secondary N) is 1. The molecule has 98 valence electrons. The van der Waals surface area contributed by atoms with E-state index in [0.717, 1.165) is 41.8 Å². The molecule has 1 aliphatic heterocycles. The molecule has 1 atom stereocenters. The van der Waals surface area contributed by atoms with Crippen LogP contribution in [0.25, 0.3) is 0 Å². The third kappa shape index (κ3) is 2.77. The lowest BCUT2D eigenvalue weighted by Gasteiger charge is -2.34. The van der Waals surface area contributed by atoms with Gasteiger partial charge in [-0.1, -0.05) is 15.9 Å². The Labute approximate surface area is 116 Å². The number of hydrogen-bond acceptors (Lipinski definition) is 3. The summed E-state index contributed by atoms with van der Waals surface area (Å²) >= 11 is 3.40. The van der Waals surface area contributed by atoms with Crippen molar-refractivity contribution in [2.75, 3.05) is 30.8 Å². The third-order valence-corrected chi connectivity index (χ3v) is 3.86. The van der Waals surface area contributed by atoms with Gasteiger partial charge in [0.1, 0.15) is 0 Å². The Hall–Kier alpha value is -1.23. The molecule has 1 fully saturated rings. The molecular weight excluding hydrogens is 294 g/mol. The van der Waals surface area contributed by atoms with Crippen molar-refractivity contribution in [1.29, 1.82) is 0 Å². The average Bonchev–Trinajstić information content (AvgIpc) is 2.38. The van der Waals surface area contributed by atoms with Gasteiger partial charge in [0, 0.05) is 24.6 Å². The smallest absolute Gasteiger partial charge is 0.224 e. The molecular formula is C13H18BrN3O. The van der Waals surface area contributed by atoms with Crippen molar-refractivity contribution >= 4 is 33.2 Å². The van der Waals surface area contributed by atoms with Crippen LogP contribution in [0.1, 0.15) is 12.8 Å². The average molecular weight is 312 g/mol. The molecule has 4 nitrogen and oxygen atoms in total. The number of nitrogens with two attached hydrogens (primary N) is 1. The summed E-state index contributed by atoms with van der Waals surface area (Å²) < 4.78 is 0.976. The Morgan fingerprint density at radius 1 is 1.56 bits per heavy atom. The molecule has 2 rings (SSSR count). The second kappa shape index (κ2) is 5.61. The van der Waals surface area contributed by atoms with Crippen molar-refractivity contribution in [3.05, 3.63) is 22.7 Å². The molecule has 0 radical (unpaired) electrons. The molecule has 1 unspecified atom stereocenters. The van der Waals surface area contributed by atoms with Crippen LogP contribution in [0.4, 0.5) is 11.4 Å². The Bertz CT molecular complexity index is 450. The lowest BCUT2D eigenvalue weighted by atomic mass is 9.96. The van der Waals surface area contributed by atoms with Gasteiger partial charge in [0.2, 0.25) is 5.91 Å². The molecule has 0 spiro atoms. The number of benzene rings is 1. The first-order chi connectivity index (χ1) is 8.61. The maximum Gasteiger partial charge on any atom is 0.224 e. The topological polar surface area (TPSA) is 58.4 Å². The van der Waals surface area contributed by atoms with E-state index >= 15 is 0 Å². The number of nitrogens with zero attached hydrogens (tertiary/aromatic N) is 1. The number of piperidine rings is 1. The van der Waals surface area contributed by atoms with Gasteiger partial charge in [0.25, 0.3) is 0 Å². The predicted octanol–water partition coefficient (Wildman–Crippen LogP) is 1.99. The normalized spacial score (nSPS) is 19.7. The molecule has 0 saturated carbocycles. The zero-order valence-electron chi connectivity index (χ0n) is 10.4. The van der Waals surface area contributed by atoms with E-state index in [-0.39, 0.29) is 11.8 Å². The van der Waals surface area contributed by atoms with E-state index in [2.05, 4.69) is 26.1 Å². The second-order valence-electron chi connectivity index (χ2n) is 4.60. The summed E-state index contributed by atoms with van der Waals surface area (Å²) in [4.78, 5) is 13.9. The monoisotopic (exact) mass is 311 g/mol. The molecule has 1 amide bonds. The fraction of sp³-hybridized carbons (Fsp3) is 0.462. The molecule has 5 heteroatoms. The number of nitrogen functional groups attached to an aromatic ring is 1. The molecule has 0 aliphatic carbocycles. The van der Waals surface area contributed by atoms with Crippen LogP contribution in [-0.4, -0.2) is 26.0 Å². The summed E-state index contributed by atoms with van der Waals surface area (Å²) in [7, 11) is 1.69. The van der Waals surface area contributed by atoms with E-state index in [9.17, 15) is 4.79 Å². The number of anilines is 2. The summed E-state index contributed by atoms with van der Waals surface area (Å²) in [6.07, 6.45) is 1.97. The van der Waals surface area contributed by atoms with Gasteiger partial charge in [-0.2, -0.15) is 0 Å². The number of hydrogen-bond donors (Lipinski definition) is 2. The van der Waals surface area contributed by atoms with Crippen LogP contribution in [0.15, 0.2) is 22.7 Å². The maximum absolute atomic E-state index is 11.7. The first-order valence-electron chi connectivity index (χ1n) is 6.13. The van der Waals surface area contributed by atoms with Crippen LogP contribution < -0.4 is 16.0 Å². The van der Waals surface area contributed by atoms with Gasteiger partial charge < -0.3 is 16.0 Å². The third-order valence-electron chi connectivity index (χ3n) is 3.37. The summed E-state index contributed by atoms with van der Waals surface area (Å²) in [6, 6.07) is 5.89. The lowest BCUT2D eigenvalue weighted by Crippen LogP contribution is -2.42. The molecule has 1 aliphatic rings.